The average molecular weight is 304 g/mol. The number of nitrogens with one attached hydrogen (secondary N) is 1. The van der Waals surface area contributed by atoms with Crippen molar-refractivity contribution in [1.29, 1.82) is 0 Å². The van der Waals surface area contributed by atoms with Gasteiger partial charge in [-0.2, -0.15) is 0 Å². The Morgan fingerprint density at radius 3 is 2.71 bits per heavy atom. The van der Waals surface area contributed by atoms with E-state index in [4.69, 9.17) is 4.74 Å². The fourth-order valence-electron chi connectivity index (χ4n) is 1.33. The van der Waals surface area contributed by atoms with Crippen LogP contribution in [0, 0.1) is 5.82 Å². The Morgan fingerprint density at radius 2 is 2.06 bits per heavy atom. The molecule has 1 N–H and O–H groups in total. The molecule has 0 heterocycles. The van der Waals surface area contributed by atoms with Crippen LogP contribution in [0.25, 0.3) is 0 Å². The summed E-state index contributed by atoms with van der Waals surface area (Å²) in [4.78, 5) is 0. The summed E-state index contributed by atoms with van der Waals surface area (Å²) in [5, 5.41) is 3.16. The normalized spacial score (nSPS) is 11.8. The van der Waals surface area contributed by atoms with Crippen LogP contribution in [-0.2, 0) is 11.3 Å². The standard InChI is InChI=1S/C13H19BrFNO/c1-13(2,3)17-7-6-16-9-10-8-11(14)4-5-12(10)15/h4-5,8,16H,6-7,9H2,1-3H3. The van der Waals surface area contributed by atoms with Gasteiger partial charge in [0.25, 0.3) is 0 Å². The zero-order valence-corrected chi connectivity index (χ0v) is 12.1. The van der Waals surface area contributed by atoms with Crippen molar-refractivity contribution < 1.29 is 9.13 Å². The lowest BCUT2D eigenvalue weighted by Crippen LogP contribution is -2.26. The SMILES string of the molecule is CC(C)(C)OCCNCc1cc(Br)ccc1F. The third-order valence-electron chi connectivity index (χ3n) is 2.14. The number of ether oxygens (including phenoxy) is 1. The predicted molar refractivity (Wildman–Crippen MR) is 71.5 cm³/mol. The van der Waals surface area contributed by atoms with Gasteiger partial charge in [0.15, 0.2) is 0 Å². The van der Waals surface area contributed by atoms with Crippen molar-refractivity contribution in [3.63, 3.8) is 0 Å². The van der Waals surface area contributed by atoms with E-state index in [0.717, 1.165) is 4.47 Å². The first-order valence-electron chi connectivity index (χ1n) is 5.67. The van der Waals surface area contributed by atoms with E-state index >= 15 is 0 Å². The van der Waals surface area contributed by atoms with Gasteiger partial charge in [0.1, 0.15) is 5.82 Å². The van der Waals surface area contributed by atoms with Crippen LogP contribution < -0.4 is 5.32 Å². The zero-order chi connectivity index (χ0) is 12.9. The van der Waals surface area contributed by atoms with E-state index in [9.17, 15) is 4.39 Å². The highest BCUT2D eigenvalue weighted by molar-refractivity contribution is 9.10. The smallest absolute Gasteiger partial charge is 0.127 e. The van der Waals surface area contributed by atoms with Crippen molar-refractivity contribution in [1.82, 2.24) is 5.32 Å². The molecule has 17 heavy (non-hydrogen) atoms. The van der Waals surface area contributed by atoms with Gasteiger partial charge in [0.2, 0.25) is 0 Å². The third-order valence-corrected chi connectivity index (χ3v) is 2.63. The second-order valence-electron chi connectivity index (χ2n) is 4.87. The fraction of sp³-hybridized carbons (Fsp3) is 0.538. The van der Waals surface area contributed by atoms with E-state index in [0.29, 0.717) is 25.3 Å². The largest absolute Gasteiger partial charge is 0.375 e. The maximum Gasteiger partial charge on any atom is 0.127 e. The van der Waals surface area contributed by atoms with Crippen molar-refractivity contribution in [3.8, 4) is 0 Å². The minimum atomic E-state index is -0.183. The first kappa shape index (κ1) is 14.6. The molecule has 1 aromatic rings. The van der Waals surface area contributed by atoms with Crippen molar-refractivity contribution in [2.75, 3.05) is 13.2 Å². The van der Waals surface area contributed by atoms with E-state index in [1.165, 1.54) is 6.07 Å². The molecule has 1 aromatic carbocycles. The van der Waals surface area contributed by atoms with E-state index in [1.54, 1.807) is 12.1 Å². The molecule has 0 amide bonds. The maximum atomic E-state index is 13.4. The third kappa shape index (κ3) is 6.15. The fourth-order valence-corrected chi connectivity index (χ4v) is 1.74. The van der Waals surface area contributed by atoms with E-state index in [2.05, 4.69) is 21.2 Å². The molecule has 0 aliphatic rings. The predicted octanol–water partition coefficient (Wildman–Crippen LogP) is 3.49. The molecule has 0 bridgehead atoms. The summed E-state index contributed by atoms with van der Waals surface area (Å²) in [5.41, 5.74) is 0.540. The van der Waals surface area contributed by atoms with Crippen LogP contribution in [0.3, 0.4) is 0 Å². The zero-order valence-electron chi connectivity index (χ0n) is 10.5. The molecule has 0 saturated heterocycles. The Morgan fingerprint density at radius 1 is 1.35 bits per heavy atom. The highest BCUT2D eigenvalue weighted by Gasteiger charge is 2.09. The van der Waals surface area contributed by atoms with Crippen molar-refractivity contribution in [2.24, 2.45) is 0 Å². The molecule has 96 valence electrons. The lowest BCUT2D eigenvalue weighted by Gasteiger charge is -2.19. The molecule has 0 atom stereocenters. The summed E-state index contributed by atoms with van der Waals surface area (Å²) in [7, 11) is 0. The Bertz CT molecular complexity index is 363. The number of halogens is 2. The van der Waals surface area contributed by atoms with E-state index in [1.807, 2.05) is 20.8 Å². The summed E-state index contributed by atoms with van der Waals surface area (Å²) in [6.45, 7) is 7.89. The number of hydrogen-bond donors (Lipinski definition) is 1. The van der Waals surface area contributed by atoms with Crippen LogP contribution in [0.4, 0.5) is 4.39 Å². The molecule has 4 heteroatoms. The summed E-state index contributed by atoms with van der Waals surface area (Å²) in [5.74, 6) is -0.183. The van der Waals surface area contributed by atoms with Crippen LogP contribution in [-0.4, -0.2) is 18.8 Å². The summed E-state index contributed by atoms with van der Waals surface area (Å²) in [6.07, 6.45) is 0. The van der Waals surface area contributed by atoms with Gasteiger partial charge in [0.05, 0.1) is 12.2 Å². The summed E-state index contributed by atoms with van der Waals surface area (Å²) < 4.78 is 19.8. The second-order valence-corrected chi connectivity index (χ2v) is 5.79. The summed E-state index contributed by atoms with van der Waals surface area (Å²) in [6, 6.07) is 4.95. The lowest BCUT2D eigenvalue weighted by atomic mass is 10.2. The van der Waals surface area contributed by atoms with Crippen LogP contribution in [0.5, 0.6) is 0 Å². The molecular weight excluding hydrogens is 285 g/mol. The molecule has 0 aliphatic carbocycles. The van der Waals surface area contributed by atoms with Crippen molar-refractivity contribution in [2.45, 2.75) is 32.9 Å². The first-order valence-corrected chi connectivity index (χ1v) is 6.46. The molecule has 0 aromatic heterocycles. The van der Waals surface area contributed by atoms with E-state index < -0.39 is 0 Å². The summed E-state index contributed by atoms with van der Waals surface area (Å²) >= 11 is 3.33. The second kappa shape index (κ2) is 6.47. The molecule has 2 nitrogen and oxygen atoms in total. The van der Waals surface area contributed by atoms with Crippen LogP contribution >= 0.6 is 15.9 Å². The molecular formula is C13H19BrFNO. The Labute approximate surface area is 111 Å². The highest BCUT2D eigenvalue weighted by atomic mass is 79.9. The van der Waals surface area contributed by atoms with Crippen LogP contribution in [0.15, 0.2) is 22.7 Å². The molecule has 0 aliphatic heterocycles. The Kier molecular flexibility index (Phi) is 5.56. The van der Waals surface area contributed by atoms with Crippen molar-refractivity contribution >= 4 is 15.9 Å². The Balaban J connectivity index is 2.29. The average Bonchev–Trinajstić information content (AvgIpc) is 2.21. The van der Waals surface area contributed by atoms with Gasteiger partial charge in [-0.3, -0.25) is 0 Å². The minimum Gasteiger partial charge on any atom is -0.375 e. The topological polar surface area (TPSA) is 21.3 Å². The van der Waals surface area contributed by atoms with Gasteiger partial charge in [-0.25, -0.2) is 4.39 Å². The molecule has 0 radical (unpaired) electrons. The van der Waals surface area contributed by atoms with Crippen LogP contribution in [0.2, 0.25) is 0 Å². The number of rotatable bonds is 5. The highest BCUT2D eigenvalue weighted by Crippen LogP contribution is 2.15. The lowest BCUT2D eigenvalue weighted by molar-refractivity contribution is -0.000906. The van der Waals surface area contributed by atoms with Gasteiger partial charge in [-0.1, -0.05) is 15.9 Å². The molecule has 0 spiro atoms. The van der Waals surface area contributed by atoms with E-state index in [-0.39, 0.29) is 11.4 Å². The molecule has 0 saturated carbocycles. The van der Waals surface area contributed by atoms with Gasteiger partial charge >= 0.3 is 0 Å². The van der Waals surface area contributed by atoms with Gasteiger partial charge < -0.3 is 10.1 Å². The van der Waals surface area contributed by atoms with Crippen LogP contribution in [0.1, 0.15) is 26.3 Å². The monoisotopic (exact) mass is 303 g/mol. The number of hydrogen-bond acceptors (Lipinski definition) is 2. The van der Waals surface area contributed by atoms with Gasteiger partial charge in [0, 0.05) is 23.1 Å². The molecule has 0 unspecified atom stereocenters. The molecule has 0 fully saturated rings. The number of benzene rings is 1. The Hall–Kier alpha value is -0.450. The van der Waals surface area contributed by atoms with Gasteiger partial charge in [-0.05, 0) is 39.0 Å². The minimum absolute atomic E-state index is 0.122. The van der Waals surface area contributed by atoms with Crippen molar-refractivity contribution in [3.05, 3.63) is 34.1 Å². The quantitative estimate of drug-likeness (QED) is 0.841. The first-order chi connectivity index (χ1) is 7.88. The maximum absolute atomic E-state index is 13.4. The molecule has 1 rings (SSSR count). The van der Waals surface area contributed by atoms with Gasteiger partial charge in [-0.15, -0.1) is 0 Å².